The zero-order valence-electron chi connectivity index (χ0n) is 25.5. The first-order valence-electron chi connectivity index (χ1n) is 13.9. The van der Waals surface area contributed by atoms with E-state index in [0.29, 0.717) is 0 Å². The summed E-state index contributed by atoms with van der Waals surface area (Å²) >= 11 is 0.770. The average Bonchev–Trinajstić information content (AvgIpc) is 2.98. The number of aryl methyl sites for hydroxylation is 1. The number of Topliss-reactive ketones (excluding diaryl/α,β-unsaturated/α-hetero) is 1. The first-order chi connectivity index (χ1) is 20.6. The Bertz CT molecular complexity index is 1780. The van der Waals surface area contributed by atoms with Crippen molar-refractivity contribution in [3.8, 4) is 5.88 Å². The number of ketones is 1. The van der Waals surface area contributed by atoms with Gasteiger partial charge in [-0.1, -0.05) is 93.2 Å². The van der Waals surface area contributed by atoms with Gasteiger partial charge < -0.3 is 9.47 Å². The second-order valence-electron chi connectivity index (χ2n) is 11.8. The SMILES string of the molecule is CO[C@H]1C(=O)N2C(C(=O)C(C)(C)C)=C(C)C(C)(Sc3nc(=O)c(OC(c4ccccc4)c4ccccc4)nn3C)S(=O)(=O)[C@@H]12. The minimum absolute atomic E-state index is 0.0112. The van der Waals surface area contributed by atoms with Crippen molar-refractivity contribution in [1.29, 1.82) is 0 Å². The summed E-state index contributed by atoms with van der Waals surface area (Å²) in [5, 5.41) is 2.92. The number of carbonyl (C=O) groups is 2. The van der Waals surface area contributed by atoms with Crippen LogP contribution in [-0.4, -0.2) is 62.4 Å². The molecule has 2 aliphatic rings. The summed E-state index contributed by atoms with van der Waals surface area (Å²) in [6, 6.07) is 18.7. The van der Waals surface area contributed by atoms with Gasteiger partial charge in [-0.25, -0.2) is 13.1 Å². The Balaban J connectivity index is 1.57. The standard InChI is InChI=1S/C31H34N4O7S2/c1-18-21(24(36)30(2,3)4)35-27(38)23(41-7)28(35)44(39,40)31(18,5)43-29-32-25(37)26(33-34(29)6)42-22(19-14-10-8-11-15-19)20-16-12-9-13-17-20/h8-17,22-23,28H,1-7H3/t23-,28-,31?/m0/s1. The molecule has 232 valence electrons. The maximum atomic E-state index is 14.2. The summed E-state index contributed by atoms with van der Waals surface area (Å²) in [7, 11) is -1.45. The molecule has 13 heteroatoms. The number of amides is 1. The van der Waals surface area contributed by atoms with Crippen LogP contribution in [0.3, 0.4) is 0 Å². The molecule has 2 aliphatic heterocycles. The van der Waals surface area contributed by atoms with E-state index in [1.54, 1.807) is 20.8 Å². The van der Waals surface area contributed by atoms with E-state index < -0.39 is 48.4 Å². The summed E-state index contributed by atoms with van der Waals surface area (Å²) in [5.74, 6) is -1.25. The molecule has 1 unspecified atom stereocenters. The van der Waals surface area contributed by atoms with Gasteiger partial charge in [0.2, 0.25) is 0 Å². The molecule has 1 aromatic heterocycles. The van der Waals surface area contributed by atoms with E-state index in [1.165, 1.54) is 32.7 Å². The molecule has 2 aromatic carbocycles. The van der Waals surface area contributed by atoms with E-state index >= 15 is 0 Å². The Kier molecular flexibility index (Phi) is 8.10. The zero-order valence-corrected chi connectivity index (χ0v) is 27.1. The van der Waals surface area contributed by atoms with Crippen LogP contribution < -0.4 is 10.3 Å². The topological polar surface area (TPSA) is 138 Å². The number of thioether (sulfide) groups is 1. The Morgan fingerprint density at radius 3 is 2.07 bits per heavy atom. The van der Waals surface area contributed by atoms with E-state index in [1.807, 2.05) is 60.7 Å². The average molecular weight is 639 g/mol. The molecule has 3 heterocycles. The Hall–Kier alpha value is -3.81. The quantitative estimate of drug-likeness (QED) is 0.336. The van der Waals surface area contributed by atoms with E-state index in [-0.39, 0.29) is 28.1 Å². The lowest BCUT2D eigenvalue weighted by Gasteiger charge is -2.53. The fourth-order valence-corrected chi connectivity index (χ4v) is 9.17. The fraction of sp³-hybridized carbons (Fsp3) is 0.387. The molecule has 0 spiro atoms. The minimum Gasteiger partial charge on any atom is -0.460 e. The summed E-state index contributed by atoms with van der Waals surface area (Å²) in [5.41, 5.74) is 0.0619. The molecule has 0 radical (unpaired) electrons. The summed E-state index contributed by atoms with van der Waals surface area (Å²) in [6.45, 7) is 8.05. The number of rotatable bonds is 8. The molecular formula is C31H34N4O7S2. The van der Waals surface area contributed by atoms with Crippen molar-refractivity contribution in [2.24, 2.45) is 12.5 Å². The first-order valence-corrected chi connectivity index (χ1v) is 16.3. The number of carbonyl (C=O) groups excluding carboxylic acids is 2. The molecule has 1 fully saturated rings. The van der Waals surface area contributed by atoms with E-state index in [9.17, 15) is 22.8 Å². The van der Waals surface area contributed by atoms with Crippen molar-refractivity contribution in [2.45, 2.75) is 61.4 Å². The molecule has 0 bridgehead atoms. The molecule has 0 aliphatic carbocycles. The maximum Gasteiger partial charge on any atom is 0.336 e. The molecule has 1 saturated heterocycles. The molecule has 44 heavy (non-hydrogen) atoms. The zero-order chi connectivity index (χ0) is 32.2. The van der Waals surface area contributed by atoms with Gasteiger partial charge in [0, 0.05) is 19.6 Å². The summed E-state index contributed by atoms with van der Waals surface area (Å²) in [4.78, 5) is 45.1. The van der Waals surface area contributed by atoms with Crippen molar-refractivity contribution >= 4 is 33.3 Å². The smallest absolute Gasteiger partial charge is 0.336 e. The Morgan fingerprint density at radius 2 is 1.57 bits per heavy atom. The molecule has 0 saturated carbocycles. The van der Waals surface area contributed by atoms with Crippen LogP contribution in [0.2, 0.25) is 0 Å². The monoisotopic (exact) mass is 638 g/mol. The minimum atomic E-state index is -4.23. The number of nitrogens with zero attached hydrogens (tertiary/aromatic N) is 4. The van der Waals surface area contributed by atoms with Crippen LogP contribution in [0.1, 0.15) is 51.8 Å². The van der Waals surface area contributed by atoms with Crippen LogP contribution in [-0.2, 0) is 31.2 Å². The number of fused-ring (bicyclic) bond motifs is 1. The van der Waals surface area contributed by atoms with Gasteiger partial charge in [0.15, 0.2) is 38.4 Å². The number of sulfone groups is 1. The number of β-lactam (4-membered cyclic amide) rings is 1. The van der Waals surface area contributed by atoms with Crippen LogP contribution in [0.25, 0.3) is 0 Å². The molecule has 0 N–H and O–H groups in total. The van der Waals surface area contributed by atoms with Crippen LogP contribution >= 0.6 is 11.8 Å². The Morgan fingerprint density at radius 1 is 1.02 bits per heavy atom. The lowest BCUT2D eigenvalue weighted by molar-refractivity contribution is -0.161. The van der Waals surface area contributed by atoms with Crippen LogP contribution in [0.4, 0.5) is 0 Å². The summed E-state index contributed by atoms with van der Waals surface area (Å²) < 4.78 is 39.2. The van der Waals surface area contributed by atoms with Crippen molar-refractivity contribution in [3.63, 3.8) is 0 Å². The second-order valence-corrected chi connectivity index (χ2v) is 15.9. The second kappa shape index (κ2) is 11.3. The number of methoxy groups -OCH3 is 1. The van der Waals surface area contributed by atoms with Gasteiger partial charge in [0.25, 0.3) is 5.91 Å². The molecule has 5 rings (SSSR count). The van der Waals surface area contributed by atoms with Gasteiger partial charge in [0.05, 0.1) is 5.70 Å². The van der Waals surface area contributed by atoms with Crippen LogP contribution in [0, 0.1) is 5.41 Å². The van der Waals surface area contributed by atoms with E-state index in [4.69, 9.17) is 9.47 Å². The third-order valence-electron chi connectivity index (χ3n) is 7.90. The largest absolute Gasteiger partial charge is 0.460 e. The highest BCUT2D eigenvalue weighted by Gasteiger charge is 2.67. The molecular weight excluding hydrogens is 604 g/mol. The van der Waals surface area contributed by atoms with Crippen molar-refractivity contribution in [2.75, 3.05) is 7.11 Å². The van der Waals surface area contributed by atoms with Crippen molar-refractivity contribution in [3.05, 3.63) is 93.4 Å². The molecule has 3 atom stereocenters. The number of hydrogen-bond acceptors (Lipinski definition) is 10. The van der Waals surface area contributed by atoms with Gasteiger partial charge in [-0.15, -0.1) is 5.10 Å². The third kappa shape index (κ3) is 5.06. The number of aromatic nitrogens is 3. The maximum absolute atomic E-state index is 14.2. The predicted molar refractivity (Wildman–Crippen MR) is 164 cm³/mol. The van der Waals surface area contributed by atoms with Gasteiger partial charge in [-0.2, -0.15) is 4.98 Å². The highest BCUT2D eigenvalue weighted by atomic mass is 32.3. The van der Waals surface area contributed by atoms with E-state index in [0.717, 1.165) is 27.8 Å². The lowest BCUT2D eigenvalue weighted by atomic mass is 9.85. The van der Waals surface area contributed by atoms with Crippen molar-refractivity contribution in [1.82, 2.24) is 19.7 Å². The molecule has 3 aromatic rings. The summed E-state index contributed by atoms with van der Waals surface area (Å²) in [6.07, 6.45) is -1.92. The third-order valence-corrected chi connectivity index (χ3v) is 12.6. The Labute approximate surface area is 260 Å². The van der Waals surface area contributed by atoms with E-state index in [2.05, 4.69) is 10.1 Å². The number of allylic oxidation sites excluding steroid dienone is 1. The van der Waals surface area contributed by atoms with Gasteiger partial charge >= 0.3 is 11.4 Å². The van der Waals surface area contributed by atoms with Gasteiger partial charge in [0.1, 0.15) is 4.08 Å². The first kappa shape index (κ1) is 31.6. The molecule has 11 nitrogen and oxygen atoms in total. The molecule has 1 amide bonds. The highest BCUT2D eigenvalue weighted by molar-refractivity contribution is 8.15. The van der Waals surface area contributed by atoms with Crippen molar-refractivity contribution < 1.29 is 27.5 Å². The van der Waals surface area contributed by atoms with Gasteiger partial charge in [-0.3, -0.25) is 19.3 Å². The predicted octanol–water partition coefficient (Wildman–Crippen LogP) is 3.65. The number of benzene rings is 2. The number of hydrogen-bond donors (Lipinski definition) is 0. The normalized spacial score (nSPS) is 22.9. The number of ether oxygens (including phenoxy) is 2. The van der Waals surface area contributed by atoms with Crippen LogP contribution in [0.15, 0.2) is 81.9 Å². The lowest BCUT2D eigenvalue weighted by Crippen LogP contribution is -2.73. The highest BCUT2D eigenvalue weighted by Crippen LogP contribution is 2.53. The fourth-order valence-electron chi connectivity index (χ4n) is 5.26. The van der Waals surface area contributed by atoms with Crippen LogP contribution in [0.5, 0.6) is 5.88 Å². The van der Waals surface area contributed by atoms with Gasteiger partial charge in [-0.05, 0) is 30.5 Å².